The molecule has 1 aromatic rings. The Morgan fingerprint density at radius 2 is 2.29 bits per heavy atom. The van der Waals surface area contributed by atoms with Gasteiger partial charge in [0, 0.05) is 31.5 Å². The van der Waals surface area contributed by atoms with Crippen molar-refractivity contribution >= 4 is 11.8 Å². The number of nitrogens with zero attached hydrogens (tertiary/aromatic N) is 4. The van der Waals surface area contributed by atoms with Crippen molar-refractivity contribution in [3.05, 3.63) is 18.6 Å². The molecule has 0 aromatic carbocycles. The number of fused-ring (bicyclic) bond motifs is 1. The fraction of sp³-hybridized carbons (Fsp3) is 0.643. The van der Waals surface area contributed by atoms with Gasteiger partial charge in [0.05, 0.1) is 31.5 Å². The van der Waals surface area contributed by atoms with Crippen LogP contribution < -0.4 is 10.2 Å². The van der Waals surface area contributed by atoms with E-state index in [1.54, 1.807) is 18.6 Å². The maximum Gasteiger partial charge on any atom is 0.317 e. The lowest BCUT2D eigenvalue weighted by Crippen LogP contribution is -2.51. The third-order valence-electron chi connectivity index (χ3n) is 3.84. The van der Waals surface area contributed by atoms with E-state index in [0.717, 1.165) is 12.4 Å². The standard InChI is InChI=1S/C14H21N5O2/c1-10(2)17-14(20)18-8-11-12(9-18)21-6-5-19(11)13-7-15-3-4-16-13/h3-4,7,10-12H,5-6,8-9H2,1-2H3,(H,17,20)/t11-,12+/m1/s1. The lowest BCUT2D eigenvalue weighted by molar-refractivity contribution is 0.0317. The second-order valence-corrected chi connectivity index (χ2v) is 5.74. The van der Waals surface area contributed by atoms with Gasteiger partial charge in [0.15, 0.2) is 0 Å². The highest BCUT2D eigenvalue weighted by molar-refractivity contribution is 5.75. The number of nitrogens with one attached hydrogen (secondary N) is 1. The molecule has 0 bridgehead atoms. The zero-order chi connectivity index (χ0) is 14.8. The number of amides is 2. The van der Waals surface area contributed by atoms with Gasteiger partial charge in [-0.15, -0.1) is 0 Å². The minimum Gasteiger partial charge on any atom is -0.372 e. The number of rotatable bonds is 2. The summed E-state index contributed by atoms with van der Waals surface area (Å²) in [6, 6.07) is 0.257. The number of ether oxygens (including phenoxy) is 1. The average molecular weight is 291 g/mol. The van der Waals surface area contributed by atoms with Crippen molar-refractivity contribution in [2.75, 3.05) is 31.1 Å². The summed E-state index contributed by atoms with van der Waals surface area (Å²) in [7, 11) is 0. The summed E-state index contributed by atoms with van der Waals surface area (Å²) in [4.78, 5) is 24.7. The summed E-state index contributed by atoms with van der Waals surface area (Å²) >= 11 is 0. The first-order valence-corrected chi connectivity index (χ1v) is 7.35. The smallest absolute Gasteiger partial charge is 0.317 e. The first-order chi connectivity index (χ1) is 10.1. The largest absolute Gasteiger partial charge is 0.372 e. The number of aromatic nitrogens is 2. The third-order valence-corrected chi connectivity index (χ3v) is 3.84. The lowest BCUT2D eigenvalue weighted by atomic mass is 10.1. The number of carbonyl (C=O) groups is 1. The molecule has 1 aromatic heterocycles. The topological polar surface area (TPSA) is 70.6 Å². The van der Waals surface area contributed by atoms with E-state index in [2.05, 4.69) is 20.2 Å². The third kappa shape index (κ3) is 2.92. The van der Waals surface area contributed by atoms with Crippen LogP contribution in [0.15, 0.2) is 18.6 Å². The first-order valence-electron chi connectivity index (χ1n) is 7.35. The fourth-order valence-electron chi connectivity index (χ4n) is 2.92. The van der Waals surface area contributed by atoms with Gasteiger partial charge in [-0.3, -0.25) is 4.98 Å². The highest BCUT2D eigenvalue weighted by Gasteiger charge is 2.42. The maximum absolute atomic E-state index is 12.2. The van der Waals surface area contributed by atoms with Crippen LogP contribution in [-0.4, -0.2) is 65.3 Å². The summed E-state index contributed by atoms with van der Waals surface area (Å²) in [6.45, 7) is 6.63. The van der Waals surface area contributed by atoms with Gasteiger partial charge in [0.2, 0.25) is 0 Å². The zero-order valence-electron chi connectivity index (χ0n) is 12.4. The number of hydrogen-bond acceptors (Lipinski definition) is 5. The highest BCUT2D eigenvalue weighted by Crippen LogP contribution is 2.26. The van der Waals surface area contributed by atoms with Crippen molar-refractivity contribution in [3.8, 4) is 0 Å². The first kappa shape index (κ1) is 14.1. The van der Waals surface area contributed by atoms with Gasteiger partial charge in [-0.25, -0.2) is 9.78 Å². The van der Waals surface area contributed by atoms with Gasteiger partial charge < -0.3 is 19.9 Å². The minimum absolute atomic E-state index is 0.0258. The van der Waals surface area contributed by atoms with E-state index in [1.807, 2.05) is 18.7 Å². The summed E-state index contributed by atoms with van der Waals surface area (Å²) in [5.74, 6) is 0.849. The Bertz CT molecular complexity index is 495. The van der Waals surface area contributed by atoms with Gasteiger partial charge in [0.1, 0.15) is 5.82 Å². The molecule has 0 saturated carbocycles. The molecule has 0 radical (unpaired) electrons. The van der Waals surface area contributed by atoms with Crippen LogP contribution in [0.25, 0.3) is 0 Å². The molecule has 2 fully saturated rings. The molecule has 114 valence electrons. The number of carbonyl (C=O) groups excluding carboxylic acids is 1. The number of urea groups is 1. The van der Waals surface area contributed by atoms with Gasteiger partial charge in [-0.05, 0) is 13.8 Å². The average Bonchev–Trinajstić information content (AvgIpc) is 2.91. The molecule has 7 nitrogen and oxygen atoms in total. The quantitative estimate of drug-likeness (QED) is 0.858. The van der Waals surface area contributed by atoms with Crippen molar-refractivity contribution in [1.82, 2.24) is 20.2 Å². The molecule has 2 atom stereocenters. The van der Waals surface area contributed by atoms with Crippen LogP contribution in [-0.2, 0) is 4.74 Å². The summed E-state index contributed by atoms with van der Waals surface area (Å²) < 4.78 is 5.83. The molecule has 3 heterocycles. The van der Waals surface area contributed by atoms with Gasteiger partial charge >= 0.3 is 6.03 Å². The number of likely N-dealkylation sites (tertiary alicyclic amines) is 1. The van der Waals surface area contributed by atoms with Crippen LogP contribution in [0.3, 0.4) is 0 Å². The van der Waals surface area contributed by atoms with E-state index in [9.17, 15) is 4.79 Å². The van der Waals surface area contributed by atoms with Crippen molar-refractivity contribution in [3.63, 3.8) is 0 Å². The Hall–Kier alpha value is -1.89. The Kier molecular flexibility index (Phi) is 3.92. The molecule has 1 N–H and O–H groups in total. The van der Waals surface area contributed by atoms with Crippen LogP contribution in [0.5, 0.6) is 0 Å². The molecule has 3 rings (SSSR count). The SMILES string of the molecule is CC(C)NC(=O)N1C[C@@H]2OCCN(c3cnccn3)[C@@H]2C1. The minimum atomic E-state index is -0.0258. The molecule has 0 aliphatic carbocycles. The van der Waals surface area contributed by atoms with Crippen LogP contribution in [0.2, 0.25) is 0 Å². The van der Waals surface area contributed by atoms with E-state index in [4.69, 9.17) is 4.74 Å². The Balaban J connectivity index is 1.72. The van der Waals surface area contributed by atoms with Crippen molar-refractivity contribution in [2.45, 2.75) is 32.0 Å². The predicted octanol–water partition coefficient (Wildman–Crippen LogP) is 0.484. The van der Waals surface area contributed by atoms with E-state index in [-0.39, 0.29) is 24.2 Å². The molecule has 7 heteroatoms. The monoisotopic (exact) mass is 291 g/mol. The van der Waals surface area contributed by atoms with E-state index in [0.29, 0.717) is 19.7 Å². The normalized spacial score (nSPS) is 25.1. The van der Waals surface area contributed by atoms with Crippen molar-refractivity contribution in [1.29, 1.82) is 0 Å². The molecular formula is C14H21N5O2. The molecule has 2 aliphatic heterocycles. The molecule has 2 aliphatic rings. The molecule has 0 unspecified atom stereocenters. The molecule has 21 heavy (non-hydrogen) atoms. The zero-order valence-corrected chi connectivity index (χ0v) is 12.4. The molecule has 2 saturated heterocycles. The maximum atomic E-state index is 12.2. The van der Waals surface area contributed by atoms with E-state index < -0.39 is 0 Å². The van der Waals surface area contributed by atoms with Crippen LogP contribution >= 0.6 is 0 Å². The summed E-state index contributed by atoms with van der Waals surface area (Å²) in [6.07, 6.45) is 5.16. The van der Waals surface area contributed by atoms with Crippen molar-refractivity contribution in [2.24, 2.45) is 0 Å². The van der Waals surface area contributed by atoms with Gasteiger partial charge in [-0.2, -0.15) is 0 Å². The second-order valence-electron chi connectivity index (χ2n) is 5.74. The molecule has 0 spiro atoms. The molecular weight excluding hydrogens is 270 g/mol. The highest BCUT2D eigenvalue weighted by atomic mass is 16.5. The number of hydrogen-bond donors (Lipinski definition) is 1. The fourth-order valence-corrected chi connectivity index (χ4v) is 2.92. The second kappa shape index (κ2) is 5.85. The Morgan fingerprint density at radius 1 is 1.43 bits per heavy atom. The summed E-state index contributed by atoms with van der Waals surface area (Å²) in [5, 5.41) is 2.93. The van der Waals surface area contributed by atoms with E-state index >= 15 is 0 Å². The van der Waals surface area contributed by atoms with Crippen LogP contribution in [0, 0.1) is 0 Å². The Labute approximate surface area is 124 Å². The number of anilines is 1. The van der Waals surface area contributed by atoms with Gasteiger partial charge in [0.25, 0.3) is 0 Å². The molecule has 2 amide bonds. The lowest BCUT2D eigenvalue weighted by Gasteiger charge is -2.37. The van der Waals surface area contributed by atoms with Crippen molar-refractivity contribution < 1.29 is 9.53 Å². The number of morpholine rings is 1. The summed E-state index contributed by atoms with van der Waals surface area (Å²) in [5.41, 5.74) is 0. The van der Waals surface area contributed by atoms with Gasteiger partial charge in [-0.1, -0.05) is 0 Å². The van der Waals surface area contributed by atoms with Crippen LogP contribution in [0.4, 0.5) is 10.6 Å². The van der Waals surface area contributed by atoms with E-state index in [1.165, 1.54) is 0 Å². The Morgan fingerprint density at radius 3 is 3.00 bits per heavy atom. The van der Waals surface area contributed by atoms with Crippen LogP contribution in [0.1, 0.15) is 13.8 Å². The predicted molar refractivity (Wildman–Crippen MR) is 78.1 cm³/mol.